The summed E-state index contributed by atoms with van der Waals surface area (Å²) in [4.78, 5) is 14.5. The predicted octanol–water partition coefficient (Wildman–Crippen LogP) is 3.82. The van der Waals surface area contributed by atoms with Gasteiger partial charge in [-0.25, -0.2) is 12.8 Å². The number of ether oxygens (including phenoxy) is 1. The van der Waals surface area contributed by atoms with E-state index in [1.807, 2.05) is 24.3 Å². The molecule has 0 aliphatic heterocycles. The summed E-state index contributed by atoms with van der Waals surface area (Å²) in [6.07, 6.45) is 4.35. The van der Waals surface area contributed by atoms with Gasteiger partial charge in [-0.2, -0.15) is 4.31 Å². The molecule has 1 saturated carbocycles. The molecule has 0 saturated heterocycles. The molecule has 1 aliphatic carbocycles. The van der Waals surface area contributed by atoms with E-state index in [2.05, 4.69) is 0 Å². The molecule has 1 fully saturated rings. The molecule has 6 nitrogen and oxygen atoms in total. The van der Waals surface area contributed by atoms with Gasteiger partial charge in [0.15, 0.2) is 0 Å². The van der Waals surface area contributed by atoms with Crippen molar-refractivity contribution in [3.8, 4) is 5.75 Å². The highest BCUT2D eigenvalue weighted by atomic mass is 32.2. The summed E-state index contributed by atoms with van der Waals surface area (Å²) in [7, 11) is -0.673. The first-order valence-electron chi connectivity index (χ1n) is 10.5. The van der Waals surface area contributed by atoms with Gasteiger partial charge in [-0.1, -0.05) is 31.4 Å². The van der Waals surface area contributed by atoms with Crippen LogP contribution < -0.4 is 4.74 Å². The standard InChI is InChI=1S/C23H29FN2O4S/c1-25(16-18-8-12-21(30-2)13-9-18)23(27)17-26(20-6-4-3-5-7-20)31(28,29)22-14-10-19(24)11-15-22/h8-15,20H,3-7,16-17H2,1-2H3. The fourth-order valence-electron chi connectivity index (χ4n) is 3.87. The van der Waals surface area contributed by atoms with Crippen molar-refractivity contribution >= 4 is 15.9 Å². The highest BCUT2D eigenvalue weighted by Gasteiger charge is 2.34. The van der Waals surface area contributed by atoms with Gasteiger partial charge in [0.2, 0.25) is 15.9 Å². The van der Waals surface area contributed by atoms with Crippen LogP contribution in [0.15, 0.2) is 53.4 Å². The summed E-state index contributed by atoms with van der Waals surface area (Å²) in [5.74, 6) is -0.0582. The lowest BCUT2D eigenvalue weighted by Crippen LogP contribution is -2.47. The van der Waals surface area contributed by atoms with E-state index in [4.69, 9.17) is 4.74 Å². The zero-order valence-corrected chi connectivity index (χ0v) is 18.8. The third-order valence-corrected chi connectivity index (χ3v) is 7.61. The molecule has 0 heterocycles. The van der Waals surface area contributed by atoms with Crippen LogP contribution >= 0.6 is 0 Å². The Morgan fingerprint density at radius 2 is 1.65 bits per heavy atom. The van der Waals surface area contributed by atoms with Crippen LogP contribution in [-0.4, -0.2) is 50.3 Å². The molecule has 8 heteroatoms. The van der Waals surface area contributed by atoms with Crippen LogP contribution in [0.3, 0.4) is 0 Å². The number of likely N-dealkylation sites (N-methyl/N-ethyl adjacent to an activating group) is 1. The molecule has 0 aromatic heterocycles. The van der Waals surface area contributed by atoms with Crippen molar-refractivity contribution in [2.45, 2.75) is 49.6 Å². The van der Waals surface area contributed by atoms with Crippen LogP contribution in [0, 0.1) is 5.82 Å². The predicted molar refractivity (Wildman–Crippen MR) is 117 cm³/mol. The van der Waals surface area contributed by atoms with E-state index < -0.39 is 15.8 Å². The number of methoxy groups -OCH3 is 1. The van der Waals surface area contributed by atoms with E-state index >= 15 is 0 Å². The molecule has 0 bridgehead atoms. The van der Waals surface area contributed by atoms with Gasteiger partial charge in [0, 0.05) is 19.6 Å². The maximum absolute atomic E-state index is 13.3. The van der Waals surface area contributed by atoms with Gasteiger partial charge < -0.3 is 9.64 Å². The quantitative estimate of drug-likeness (QED) is 0.616. The largest absolute Gasteiger partial charge is 0.497 e. The molecule has 0 unspecified atom stereocenters. The summed E-state index contributed by atoms with van der Waals surface area (Å²) in [5.41, 5.74) is 0.919. The molecule has 3 rings (SSSR count). The van der Waals surface area contributed by atoms with Gasteiger partial charge in [-0.15, -0.1) is 0 Å². The highest BCUT2D eigenvalue weighted by Crippen LogP contribution is 2.28. The lowest BCUT2D eigenvalue weighted by molar-refractivity contribution is -0.131. The first-order chi connectivity index (χ1) is 14.8. The fourth-order valence-corrected chi connectivity index (χ4v) is 5.50. The van der Waals surface area contributed by atoms with Gasteiger partial charge in [0.05, 0.1) is 18.6 Å². The summed E-state index contributed by atoms with van der Waals surface area (Å²) < 4.78 is 46.5. The Morgan fingerprint density at radius 3 is 2.23 bits per heavy atom. The first-order valence-corrected chi connectivity index (χ1v) is 11.9. The van der Waals surface area contributed by atoms with E-state index in [0.29, 0.717) is 6.54 Å². The van der Waals surface area contributed by atoms with Gasteiger partial charge in [-0.05, 0) is 54.8 Å². The molecule has 2 aromatic carbocycles. The zero-order chi connectivity index (χ0) is 22.4. The van der Waals surface area contributed by atoms with Crippen molar-refractivity contribution in [1.82, 2.24) is 9.21 Å². The molecule has 168 valence electrons. The Bertz CT molecular complexity index is 972. The minimum atomic E-state index is -3.93. The lowest BCUT2D eigenvalue weighted by Gasteiger charge is -2.34. The molecule has 1 aliphatic rings. The average Bonchev–Trinajstić information content (AvgIpc) is 2.78. The topological polar surface area (TPSA) is 66.9 Å². The van der Waals surface area contributed by atoms with Crippen molar-refractivity contribution in [3.63, 3.8) is 0 Å². The number of amides is 1. The number of sulfonamides is 1. The second-order valence-electron chi connectivity index (χ2n) is 7.89. The van der Waals surface area contributed by atoms with Gasteiger partial charge in [-0.3, -0.25) is 4.79 Å². The number of rotatable bonds is 8. The maximum Gasteiger partial charge on any atom is 0.243 e. The van der Waals surface area contributed by atoms with Gasteiger partial charge in [0.25, 0.3) is 0 Å². The Kier molecular flexibility index (Phi) is 7.67. The Morgan fingerprint density at radius 1 is 1.03 bits per heavy atom. The SMILES string of the molecule is COc1ccc(CN(C)C(=O)CN(C2CCCCC2)S(=O)(=O)c2ccc(F)cc2)cc1. The summed E-state index contributed by atoms with van der Waals surface area (Å²) in [6.45, 7) is 0.120. The second-order valence-corrected chi connectivity index (χ2v) is 9.78. The van der Waals surface area contributed by atoms with Crippen molar-refractivity contribution < 1.29 is 22.3 Å². The van der Waals surface area contributed by atoms with E-state index in [-0.39, 0.29) is 23.4 Å². The third kappa shape index (κ3) is 5.83. The molecule has 2 aromatic rings. The highest BCUT2D eigenvalue weighted by molar-refractivity contribution is 7.89. The average molecular weight is 449 g/mol. The minimum Gasteiger partial charge on any atom is -0.497 e. The Hall–Kier alpha value is -2.45. The van der Waals surface area contributed by atoms with E-state index in [0.717, 1.165) is 55.5 Å². The van der Waals surface area contributed by atoms with Crippen molar-refractivity contribution in [2.75, 3.05) is 20.7 Å². The van der Waals surface area contributed by atoms with Crippen LogP contribution in [0.25, 0.3) is 0 Å². The number of benzene rings is 2. The fraction of sp³-hybridized carbons (Fsp3) is 0.435. The van der Waals surface area contributed by atoms with Crippen LogP contribution in [0.1, 0.15) is 37.7 Å². The normalized spacial score (nSPS) is 15.1. The maximum atomic E-state index is 13.3. The molecule has 1 amide bonds. The Labute approximate surface area is 183 Å². The molecule has 31 heavy (non-hydrogen) atoms. The summed E-state index contributed by atoms with van der Waals surface area (Å²) in [5, 5.41) is 0. The molecular formula is C23H29FN2O4S. The van der Waals surface area contributed by atoms with Crippen LogP contribution in [0.4, 0.5) is 4.39 Å². The lowest BCUT2D eigenvalue weighted by atomic mass is 9.95. The molecule has 0 N–H and O–H groups in total. The number of carbonyl (C=O) groups excluding carboxylic acids is 1. The van der Waals surface area contributed by atoms with Crippen molar-refractivity contribution in [2.24, 2.45) is 0 Å². The number of nitrogens with zero attached hydrogens (tertiary/aromatic N) is 2. The molecular weight excluding hydrogens is 419 g/mol. The minimum absolute atomic E-state index is 0.00470. The molecule has 0 atom stereocenters. The van der Waals surface area contributed by atoms with Gasteiger partial charge in [0.1, 0.15) is 11.6 Å². The van der Waals surface area contributed by atoms with Crippen LogP contribution in [-0.2, 0) is 21.4 Å². The number of halogens is 1. The molecule has 0 spiro atoms. The molecule has 0 radical (unpaired) electrons. The summed E-state index contributed by atoms with van der Waals surface area (Å²) in [6, 6.07) is 11.9. The monoisotopic (exact) mass is 448 g/mol. The Balaban J connectivity index is 1.78. The van der Waals surface area contributed by atoms with Crippen molar-refractivity contribution in [3.05, 3.63) is 59.9 Å². The second kappa shape index (κ2) is 10.2. The number of hydrogen-bond acceptors (Lipinski definition) is 4. The van der Waals surface area contributed by atoms with Gasteiger partial charge >= 0.3 is 0 Å². The van der Waals surface area contributed by atoms with Crippen LogP contribution in [0.5, 0.6) is 5.75 Å². The smallest absolute Gasteiger partial charge is 0.243 e. The first kappa shape index (κ1) is 23.2. The number of carbonyl (C=O) groups is 1. The van der Waals surface area contributed by atoms with E-state index in [1.165, 1.54) is 21.3 Å². The summed E-state index contributed by atoms with van der Waals surface area (Å²) >= 11 is 0. The van der Waals surface area contributed by atoms with E-state index in [9.17, 15) is 17.6 Å². The number of hydrogen-bond donors (Lipinski definition) is 0. The zero-order valence-electron chi connectivity index (χ0n) is 18.0. The third-order valence-electron chi connectivity index (χ3n) is 5.70. The van der Waals surface area contributed by atoms with Crippen molar-refractivity contribution in [1.29, 1.82) is 0 Å². The van der Waals surface area contributed by atoms with Crippen LogP contribution in [0.2, 0.25) is 0 Å². The van der Waals surface area contributed by atoms with E-state index in [1.54, 1.807) is 14.2 Å².